The second-order valence-corrected chi connectivity index (χ2v) is 8.53. The predicted molar refractivity (Wildman–Crippen MR) is 93.9 cm³/mol. The van der Waals surface area contributed by atoms with Crippen molar-refractivity contribution in [2.24, 2.45) is 0 Å². The SMILES string of the molecule is COc1ccc(CNS(=O)(=O)c2ccc(-c3cc(C(F)(F)F)[nH]n3)s2)cc1. The van der Waals surface area contributed by atoms with Gasteiger partial charge in [-0.05, 0) is 35.9 Å². The van der Waals surface area contributed by atoms with Crippen molar-refractivity contribution in [3.8, 4) is 16.3 Å². The summed E-state index contributed by atoms with van der Waals surface area (Å²) in [6, 6.07) is 10.5. The largest absolute Gasteiger partial charge is 0.497 e. The van der Waals surface area contributed by atoms with Gasteiger partial charge >= 0.3 is 6.18 Å². The number of aromatic nitrogens is 2. The van der Waals surface area contributed by atoms with E-state index in [1.165, 1.54) is 19.2 Å². The number of ether oxygens (including phenoxy) is 1. The quantitative estimate of drug-likeness (QED) is 0.641. The van der Waals surface area contributed by atoms with Crippen molar-refractivity contribution in [3.05, 3.63) is 53.7 Å². The Kier molecular flexibility index (Phi) is 5.27. The number of sulfonamides is 1. The highest BCUT2D eigenvalue weighted by Gasteiger charge is 2.33. The van der Waals surface area contributed by atoms with E-state index in [0.29, 0.717) is 10.6 Å². The Morgan fingerprint density at radius 3 is 2.48 bits per heavy atom. The van der Waals surface area contributed by atoms with Crippen LogP contribution in [0.25, 0.3) is 10.6 Å². The summed E-state index contributed by atoms with van der Waals surface area (Å²) in [6.45, 7) is 0.0696. The van der Waals surface area contributed by atoms with Crippen LogP contribution in [0.2, 0.25) is 0 Å². The van der Waals surface area contributed by atoms with Crippen LogP contribution in [0.1, 0.15) is 11.3 Å². The lowest BCUT2D eigenvalue weighted by Crippen LogP contribution is -2.22. The third-order valence-corrected chi connectivity index (χ3v) is 6.61. The minimum absolute atomic E-state index is 0.0115. The molecule has 3 aromatic rings. The summed E-state index contributed by atoms with van der Waals surface area (Å²) in [5.74, 6) is 0.654. The van der Waals surface area contributed by atoms with Crippen molar-refractivity contribution >= 4 is 21.4 Å². The molecule has 6 nitrogen and oxygen atoms in total. The topological polar surface area (TPSA) is 84.1 Å². The number of nitrogens with zero attached hydrogens (tertiary/aromatic N) is 1. The molecule has 0 aliphatic heterocycles. The Balaban J connectivity index is 1.73. The monoisotopic (exact) mass is 417 g/mol. The Morgan fingerprint density at radius 2 is 1.89 bits per heavy atom. The highest BCUT2D eigenvalue weighted by molar-refractivity contribution is 7.91. The molecule has 2 heterocycles. The van der Waals surface area contributed by atoms with Crippen molar-refractivity contribution in [1.29, 1.82) is 0 Å². The fourth-order valence-corrected chi connectivity index (χ4v) is 4.52. The molecule has 0 amide bonds. The van der Waals surface area contributed by atoms with E-state index in [-0.39, 0.29) is 16.4 Å². The van der Waals surface area contributed by atoms with E-state index in [0.717, 1.165) is 23.0 Å². The van der Waals surface area contributed by atoms with Crippen molar-refractivity contribution in [1.82, 2.24) is 14.9 Å². The second-order valence-electron chi connectivity index (χ2n) is 5.46. The van der Waals surface area contributed by atoms with Crippen molar-refractivity contribution in [3.63, 3.8) is 0 Å². The maximum Gasteiger partial charge on any atom is 0.432 e. The van der Waals surface area contributed by atoms with Gasteiger partial charge in [-0.1, -0.05) is 12.1 Å². The number of halogens is 3. The van der Waals surface area contributed by atoms with Gasteiger partial charge in [-0.25, -0.2) is 13.1 Å². The van der Waals surface area contributed by atoms with Crippen LogP contribution in [0.15, 0.2) is 46.7 Å². The molecular formula is C16H14F3N3O3S2. The molecule has 0 aliphatic rings. The molecule has 2 aromatic heterocycles. The van der Waals surface area contributed by atoms with Crippen molar-refractivity contribution in [2.75, 3.05) is 7.11 Å². The van der Waals surface area contributed by atoms with Gasteiger partial charge in [-0.2, -0.15) is 18.3 Å². The third kappa shape index (κ3) is 4.49. The molecule has 0 saturated heterocycles. The van der Waals surface area contributed by atoms with Crippen LogP contribution >= 0.6 is 11.3 Å². The molecule has 27 heavy (non-hydrogen) atoms. The molecule has 2 N–H and O–H groups in total. The maximum atomic E-state index is 12.6. The first-order valence-corrected chi connectivity index (χ1v) is 9.84. The van der Waals surface area contributed by atoms with Gasteiger partial charge in [-0.3, -0.25) is 5.10 Å². The van der Waals surface area contributed by atoms with E-state index in [4.69, 9.17) is 4.74 Å². The molecule has 0 bridgehead atoms. The van der Waals surface area contributed by atoms with Crippen LogP contribution in [-0.2, 0) is 22.7 Å². The number of methoxy groups -OCH3 is 1. The van der Waals surface area contributed by atoms with Gasteiger partial charge in [0.2, 0.25) is 10.0 Å². The molecule has 1 aromatic carbocycles. The molecule has 0 atom stereocenters. The number of aromatic amines is 1. The number of thiophene rings is 1. The number of H-pyrrole nitrogens is 1. The van der Waals surface area contributed by atoms with Gasteiger partial charge in [0, 0.05) is 6.54 Å². The number of alkyl halides is 3. The fourth-order valence-electron chi connectivity index (χ4n) is 2.19. The molecule has 0 radical (unpaired) electrons. The van der Waals surface area contributed by atoms with Crippen LogP contribution in [0.5, 0.6) is 5.75 Å². The van der Waals surface area contributed by atoms with E-state index < -0.39 is 21.9 Å². The lowest BCUT2D eigenvalue weighted by Gasteiger charge is -2.06. The van der Waals surface area contributed by atoms with E-state index in [2.05, 4.69) is 9.82 Å². The minimum Gasteiger partial charge on any atom is -0.497 e. The van der Waals surface area contributed by atoms with E-state index >= 15 is 0 Å². The summed E-state index contributed by atoms with van der Waals surface area (Å²) in [5.41, 5.74) is -0.227. The molecule has 11 heteroatoms. The minimum atomic E-state index is -4.54. The summed E-state index contributed by atoms with van der Waals surface area (Å²) in [7, 11) is -2.27. The number of hydrogen-bond donors (Lipinski definition) is 2. The molecule has 0 unspecified atom stereocenters. The van der Waals surface area contributed by atoms with Crippen LogP contribution in [0.4, 0.5) is 13.2 Å². The molecular weight excluding hydrogens is 403 g/mol. The zero-order chi connectivity index (χ0) is 19.7. The summed E-state index contributed by atoms with van der Waals surface area (Å²) < 4.78 is 70.2. The molecule has 0 aliphatic carbocycles. The summed E-state index contributed by atoms with van der Waals surface area (Å²) >= 11 is 0.838. The standard InChI is InChI=1S/C16H14F3N3O3S2/c1-25-11-4-2-10(3-5-11)9-20-27(23,24)15-7-6-13(26-15)12-8-14(22-21-12)16(17,18)19/h2-8,20H,9H2,1H3,(H,21,22). The first-order valence-electron chi connectivity index (χ1n) is 7.54. The maximum absolute atomic E-state index is 12.6. The predicted octanol–water partition coefficient (Wildman–Crippen LogP) is 3.64. The van der Waals surface area contributed by atoms with E-state index in [1.807, 2.05) is 5.10 Å². The summed E-state index contributed by atoms with van der Waals surface area (Å²) in [4.78, 5) is 0.312. The first kappa shape index (κ1) is 19.4. The highest BCUT2D eigenvalue weighted by atomic mass is 32.2. The van der Waals surface area contributed by atoms with Gasteiger partial charge < -0.3 is 4.74 Å². The van der Waals surface area contributed by atoms with Gasteiger partial charge in [0.25, 0.3) is 0 Å². The average Bonchev–Trinajstić information content (AvgIpc) is 3.29. The van der Waals surface area contributed by atoms with Gasteiger partial charge in [0.15, 0.2) is 0 Å². The zero-order valence-electron chi connectivity index (χ0n) is 13.9. The zero-order valence-corrected chi connectivity index (χ0v) is 15.5. The molecule has 0 saturated carbocycles. The smallest absolute Gasteiger partial charge is 0.432 e. The number of benzene rings is 1. The number of rotatable bonds is 6. The van der Waals surface area contributed by atoms with Crippen LogP contribution < -0.4 is 9.46 Å². The van der Waals surface area contributed by atoms with E-state index in [1.54, 1.807) is 24.3 Å². The van der Waals surface area contributed by atoms with Crippen LogP contribution in [0, 0.1) is 0 Å². The molecule has 3 rings (SSSR count). The van der Waals surface area contributed by atoms with Gasteiger partial charge in [0.1, 0.15) is 21.3 Å². The third-order valence-electron chi connectivity index (χ3n) is 3.61. The fraction of sp³-hybridized carbons (Fsp3) is 0.188. The molecule has 0 spiro atoms. The second kappa shape index (κ2) is 7.33. The molecule has 0 fully saturated rings. The van der Waals surface area contributed by atoms with Crippen LogP contribution in [-0.4, -0.2) is 25.7 Å². The lowest BCUT2D eigenvalue weighted by molar-refractivity contribution is -0.141. The first-order chi connectivity index (χ1) is 12.7. The Morgan fingerprint density at radius 1 is 1.19 bits per heavy atom. The molecule has 144 valence electrons. The summed E-state index contributed by atoms with van der Waals surface area (Å²) in [6.07, 6.45) is -4.54. The van der Waals surface area contributed by atoms with Gasteiger partial charge in [0.05, 0.1) is 12.0 Å². The Hall–Kier alpha value is -2.37. The van der Waals surface area contributed by atoms with Gasteiger partial charge in [-0.15, -0.1) is 11.3 Å². The highest BCUT2D eigenvalue weighted by Crippen LogP contribution is 2.34. The van der Waals surface area contributed by atoms with E-state index in [9.17, 15) is 21.6 Å². The number of hydrogen-bond acceptors (Lipinski definition) is 5. The lowest BCUT2D eigenvalue weighted by atomic mass is 10.2. The Labute approximate surface area is 157 Å². The normalized spacial score (nSPS) is 12.3. The van der Waals surface area contributed by atoms with Crippen molar-refractivity contribution < 1.29 is 26.3 Å². The van der Waals surface area contributed by atoms with Crippen LogP contribution in [0.3, 0.4) is 0 Å². The number of nitrogens with one attached hydrogen (secondary N) is 2. The average molecular weight is 417 g/mol. The summed E-state index contributed by atoms with van der Waals surface area (Å²) in [5, 5.41) is 5.50. The van der Waals surface area contributed by atoms with Crippen molar-refractivity contribution in [2.45, 2.75) is 16.9 Å². The Bertz CT molecular complexity index is 1030.